The Bertz CT molecular complexity index is 1500. The highest BCUT2D eigenvalue weighted by Crippen LogP contribution is 2.22. The van der Waals surface area contributed by atoms with Gasteiger partial charge in [-0.2, -0.15) is 0 Å². The second-order valence-corrected chi connectivity index (χ2v) is 10.9. The molecule has 0 spiro atoms. The average molecular weight is 570 g/mol. The lowest BCUT2D eigenvalue weighted by Gasteiger charge is -2.31. The number of nitrogens with one attached hydrogen (secondary N) is 3. The molecule has 0 saturated heterocycles. The number of fused-ring (bicyclic) bond motifs is 2. The monoisotopic (exact) mass is 569 g/mol. The van der Waals surface area contributed by atoms with Crippen LogP contribution in [0.15, 0.2) is 72.9 Å². The van der Waals surface area contributed by atoms with Gasteiger partial charge in [0.1, 0.15) is 12.1 Å². The Balaban J connectivity index is 1.60. The Morgan fingerprint density at radius 3 is 2.48 bits per heavy atom. The lowest BCUT2D eigenvalue weighted by molar-refractivity contribution is -0.141. The Morgan fingerprint density at radius 2 is 1.69 bits per heavy atom. The first-order chi connectivity index (χ1) is 20.4. The number of carbonyl (C=O) groups excluding carboxylic acids is 3. The highest BCUT2D eigenvalue weighted by Gasteiger charge is 2.33. The molecule has 0 aliphatic carbocycles. The molecule has 5 N–H and O–H groups in total. The van der Waals surface area contributed by atoms with Crippen molar-refractivity contribution in [1.29, 1.82) is 0 Å². The zero-order valence-electron chi connectivity index (χ0n) is 24.7. The predicted octanol–water partition coefficient (Wildman–Crippen LogP) is 4.46. The third-order valence-corrected chi connectivity index (χ3v) is 7.78. The molecule has 3 amide bonds. The van der Waals surface area contributed by atoms with Crippen molar-refractivity contribution in [2.24, 2.45) is 5.73 Å². The number of carbonyl (C=O) groups is 3. The van der Waals surface area contributed by atoms with Crippen molar-refractivity contribution in [2.75, 3.05) is 20.1 Å². The van der Waals surface area contributed by atoms with E-state index in [2.05, 4.69) is 22.5 Å². The fourth-order valence-corrected chi connectivity index (χ4v) is 5.35. The number of nitrogens with two attached hydrogens (primary N) is 1. The van der Waals surface area contributed by atoms with Crippen LogP contribution in [0, 0.1) is 0 Å². The summed E-state index contributed by atoms with van der Waals surface area (Å²) >= 11 is 0. The van der Waals surface area contributed by atoms with Gasteiger partial charge in [0, 0.05) is 50.0 Å². The molecule has 4 rings (SSSR count). The number of H-pyrrole nitrogens is 1. The number of unbranched alkanes of at least 4 members (excludes halogenated alkanes) is 2. The zero-order chi connectivity index (χ0) is 29.9. The first-order valence-electron chi connectivity index (χ1n) is 15.0. The maximum atomic E-state index is 14.1. The van der Waals surface area contributed by atoms with Gasteiger partial charge in [0.25, 0.3) is 0 Å². The quantitative estimate of drug-likeness (QED) is 0.158. The van der Waals surface area contributed by atoms with Gasteiger partial charge in [0.2, 0.25) is 17.7 Å². The summed E-state index contributed by atoms with van der Waals surface area (Å²) in [5.74, 6) is -0.742. The Morgan fingerprint density at radius 1 is 0.929 bits per heavy atom. The predicted molar refractivity (Wildman–Crippen MR) is 169 cm³/mol. The molecule has 0 aliphatic heterocycles. The van der Waals surface area contributed by atoms with Gasteiger partial charge in [-0.15, -0.1) is 0 Å². The molecule has 2 unspecified atom stereocenters. The number of nitrogens with zero attached hydrogens (tertiary/aromatic N) is 1. The molecule has 42 heavy (non-hydrogen) atoms. The van der Waals surface area contributed by atoms with Crippen molar-refractivity contribution in [3.05, 3.63) is 84.1 Å². The number of aromatic amines is 1. The van der Waals surface area contributed by atoms with Crippen LogP contribution in [0.2, 0.25) is 0 Å². The minimum atomic E-state index is -0.834. The van der Waals surface area contributed by atoms with Gasteiger partial charge in [-0.05, 0) is 47.4 Å². The molecular formula is C34H43N5O3. The summed E-state index contributed by atoms with van der Waals surface area (Å²) < 4.78 is 0. The van der Waals surface area contributed by atoms with E-state index in [1.807, 2.05) is 72.9 Å². The molecule has 0 fully saturated rings. The topological polar surface area (TPSA) is 120 Å². The van der Waals surface area contributed by atoms with Crippen LogP contribution in [-0.2, 0) is 27.2 Å². The van der Waals surface area contributed by atoms with Crippen molar-refractivity contribution in [3.8, 4) is 0 Å². The number of para-hydroxylation sites is 1. The standard InChI is InChI=1S/C34H43N5O3/c1-3-4-9-19-36-33(41)31(22-27-23-37-29-14-8-7-13-28(27)29)39(2)34(42)30(38-32(40)15-10-18-35)21-24-16-17-25-11-5-6-12-26(25)20-24/h5-8,11-14,16-17,20,23,30-31,37H,3-4,9-10,15,18-19,21-22,35H2,1-2H3,(H,36,41)(H,38,40). The van der Waals surface area contributed by atoms with Gasteiger partial charge in [0.05, 0.1) is 0 Å². The van der Waals surface area contributed by atoms with Crippen molar-refractivity contribution in [3.63, 3.8) is 0 Å². The number of rotatable bonds is 15. The largest absolute Gasteiger partial charge is 0.361 e. The van der Waals surface area contributed by atoms with E-state index in [9.17, 15) is 14.4 Å². The summed E-state index contributed by atoms with van der Waals surface area (Å²) in [6.45, 7) is 3.06. The molecule has 0 radical (unpaired) electrons. The van der Waals surface area contributed by atoms with Crippen LogP contribution in [-0.4, -0.2) is 59.8 Å². The minimum absolute atomic E-state index is 0.203. The zero-order valence-corrected chi connectivity index (χ0v) is 24.7. The molecular weight excluding hydrogens is 526 g/mol. The summed E-state index contributed by atoms with van der Waals surface area (Å²) in [6.07, 6.45) is 6.26. The van der Waals surface area contributed by atoms with Gasteiger partial charge in [-0.25, -0.2) is 0 Å². The van der Waals surface area contributed by atoms with Crippen molar-refractivity contribution < 1.29 is 14.4 Å². The van der Waals surface area contributed by atoms with E-state index in [4.69, 9.17) is 5.73 Å². The molecule has 3 aromatic carbocycles. The van der Waals surface area contributed by atoms with Crippen LogP contribution in [0.3, 0.4) is 0 Å². The molecule has 1 heterocycles. The summed E-state index contributed by atoms with van der Waals surface area (Å²) in [5, 5.41) is 9.18. The molecule has 4 aromatic rings. The third-order valence-electron chi connectivity index (χ3n) is 7.78. The van der Waals surface area contributed by atoms with E-state index in [0.29, 0.717) is 32.4 Å². The van der Waals surface area contributed by atoms with Gasteiger partial charge in [-0.1, -0.05) is 80.4 Å². The van der Waals surface area contributed by atoms with Crippen LogP contribution < -0.4 is 16.4 Å². The molecule has 2 atom stereocenters. The Hall–Kier alpha value is -4.17. The fourth-order valence-electron chi connectivity index (χ4n) is 5.35. The molecule has 8 nitrogen and oxygen atoms in total. The third kappa shape index (κ3) is 7.97. The maximum absolute atomic E-state index is 14.1. The normalized spacial score (nSPS) is 12.6. The number of aromatic nitrogens is 1. The molecule has 222 valence electrons. The van der Waals surface area contributed by atoms with E-state index in [0.717, 1.165) is 52.1 Å². The first kappa shape index (κ1) is 30.8. The number of hydrogen-bond donors (Lipinski definition) is 4. The van der Waals surface area contributed by atoms with E-state index >= 15 is 0 Å². The van der Waals surface area contributed by atoms with Crippen molar-refractivity contribution in [1.82, 2.24) is 20.5 Å². The molecule has 1 aromatic heterocycles. The molecule has 8 heteroatoms. The fraction of sp³-hybridized carbons (Fsp3) is 0.382. The number of benzene rings is 3. The van der Waals surface area contributed by atoms with Crippen molar-refractivity contribution >= 4 is 39.4 Å². The molecule has 0 saturated carbocycles. The van der Waals surface area contributed by atoms with Crippen LogP contribution >= 0.6 is 0 Å². The number of amides is 3. The highest BCUT2D eigenvalue weighted by molar-refractivity contribution is 5.93. The number of hydrogen-bond acceptors (Lipinski definition) is 4. The lowest BCUT2D eigenvalue weighted by Crippen LogP contribution is -2.55. The van der Waals surface area contributed by atoms with Gasteiger partial charge >= 0.3 is 0 Å². The van der Waals surface area contributed by atoms with Gasteiger partial charge in [-0.3, -0.25) is 14.4 Å². The van der Waals surface area contributed by atoms with Crippen LogP contribution in [0.25, 0.3) is 21.7 Å². The highest BCUT2D eigenvalue weighted by atomic mass is 16.2. The van der Waals surface area contributed by atoms with E-state index in [1.54, 1.807) is 7.05 Å². The van der Waals surface area contributed by atoms with Crippen molar-refractivity contribution in [2.45, 2.75) is 64.0 Å². The maximum Gasteiger partial charge on any atom is 0.245 e. The summed E-state index contributed by atoms with van der Waals surface area (Å²) in [7, 11) is 1.66. The van der Waals surface area contributed by atoms with Crippen LogP contribution in [0.1, 0.15) is 50.2 Å². The second kappa shape index (κ2) is 15.2. The summed E-state index contributed by atoms with van der Waals surface area (Å²) in [5.41, 5.74) is 8.49. The summed E-state index contributed by atoms with van der Waals surface area (Å²) in [6, 6.07) is 20.4. The molecule has 0 bridgehead atoms. The average Bonchev–Trinajstić information content (AvgIpc) is 3.42. The Labute approximate surface area is 248 Å². The smallest absolute Gasteiger partial charge is 0.245 e. The van der Waals surface area contributed by atoms with E-state index in [-0.39, 0.29) is 24.1 Å². The van der Waals surface area contributed by atoms with E-state index in [1.165, 1.54) is 4.90 Å². The SMILES string of the molecule is CCCCCNC(=O)C(Cc1c[nH]c2ccccc12)N(C)C(=O)C(Cc1ccc2ccccc2c1)NC(=O)CCCN. The number of likely N-dealkylation sites (N-methyl/N-ethyl adjacent to an activating group) is 1. The Kier molecular flexibility index (Phi) is 11.1. The minimum Gasteiger partial charge on any atom is -0.361 e. The molecule has 0 aliphatic rings. The van der Waals surface area contributed by atoms with Gasteiger partial charge in [0.15, 0.2) is 0 Å². The second-order valence-electron chi connectivity index (χ2n) is 10.9. The first-order valence-corrected chi connectivity index (χ1v) is 15.0. The van der Waals surface area contributed by atoms with Crippen LogP contribution in [0.4, 0.5) is 0 Å². The summed E-state index contributed by atoms with van der Waals surface area (Å²) in [4.78, 5) is 45.3. The van der Waals surface area contributed by atoms with Crippen LogP contribution in [0.5, 0.6) is 0 Å². The van der Waals surface area contributed by atoms with E-state index < -0.39 is 12.1 Å². The lowest BCUT2D eigenvalue weighted by atomic mass is 9.99. The van der Waals surface area contributed by atoms with Gasteiger partial charge < -0.3 is 26.3 Å².